The summed E-state index contributed by atoms with van der Waals surface area (Å²) in [7, 11) is -3.95. The Bertz CT molecular complexity index is 782. The number of benzene rings is 1. The number of carbonyl (C=O) groups is 1. The van der Waals surface area contributed by atoms with Gasteiger partial charge in [0, 0.05) is 10.5 Å². The van der Waals surface area contributed by atoms with Crippen LogP contribution in [0.2, 0.25) is 0 Å². The van der Waals surface area contributed by atoms with Crippen LogP contribution in [-0.2, 0) is 14.8 Å². The molecule has 1 amide bonds. The highest BCUT2D eigenvalue weighted by atomic mass is 79.9. The van der Waals surface area contributed by atoms with E-state index in [9.17, 15) is 26.4 Å². The fraction of sp³-hybridized carbons (Fsp3) is 0.611. The minimum atomic E-state index is -4.29. The summed E-state index contributed by atoms with van der Waals surface area (Å²) in [5, 5.41) is 2.61. The number of nitrogens with one attached hydrogen (secondary N) is 2. The summed E-state index contributed by atoms with van der Waals surface area (Å²) >= 11 is 3.22. The second-order valence-corrected chi connectivity index (χ2v) is 10.0. The molecule has 0 aromatic heterocycles. The summed E-state index contributed by atoms with van der Waals surface area (Å²) in [6.45, 7) is 3.35. The summed E-state index contributed by atoms with van der Waals surface area (Å²) in [4.78, 5) is 12.6. The maximum Gasteiger partial charge on any atom is 0.391 e. The Morgan fingerprint density at radius 2 is 1.79 bits per heavy atom. The molecule has 1 aromatic carbocycles. The molecule has 0 heterocycles. The number of hydrogen-bond donors (Lipinski definition) is 2. The third-order valence-corrected chi connectivity index (χ3v) is 6.82. The second-order valence-electron chi connectivity index (χ2n) is 7.41. The van der Waals surface area contributed by atoms with Gasteiger partial charge in [0.1, 0.15) is 6.04 Å². The fourth-order valence-corrected chi connectivity index (χ4v) is 4.86. The molecule has 0 aliphatic heterocycles. The van der Waals surface area contributed by atoms with Crippen molar-refractivity contribution in [3.05, 3.63) is 28.7 Å². The smallest absolute Gasteiger partial charge is 0.352 e. The van der Waals surface area contributed by atoms with Crippen LogP contribution in [0.4, 0.5) is 13.2 Å². The molecule has 158 valence electrons. The fourth-order valence-electron chi connectivity index (χ4n) is 3.25. The molecule has 10 heteroatoms. The molecule has 0 unspecified atom stereocenters. The predicted molar refractivity (Wildman–Crippen MR) is 103 cm³/mol. The van der Waals surface area contributed by atoms with Gasteiger partial charge in [-0.3, -0.25) is 4.79 Å². The summed E-state index contributed by atoms with van der Waals surface area (Å²) in [5.41, 5.74) is 0. The Balaban J connectivity index is 2.08. The van der Waals surface area contributed by atoms with Gasteiger partial charge in [-0.2, -0.15) is 17.9 Å². The van der Waals surface area contributed by atoms with Crippen molar-refractivity contribution in [2.45, 2.75) is 62.7 Å². The maximum atomic E-state index is 13.0. The molecule has 0 saturated heterocycles. The molecule has 1 aromatic rings. The van der Waals surface area contributed by atoms with Crippen molar-refractivity contribution < 1.29 is 26.4 Å². The number of hydrogen-bond acceptors (Lipinski definition) is 3. The number of halogens is 4. The quantitative estimate of drug-likeness (QED) is 0.640. The highest BCUT2D eigenvalue weighted by Crippen LogP contribution is 2.37. The molecule has 28 heavy (non-hydrogen) atoms. The van der Waals surface area contributed by atoms with Crippen LogP contribution >= 0.6 is 15.9 Å². The van der Waals surface area contributed by atoms with Crippen LogP contribution in [0.1, 0.15) is 39.5 Å². The highest BCUT2D eigenvalue weighted by molar-refractivity contribution is 9.10. The standard InChI is InChI=1S/C18H24BrF3N2O3S/c1-11(2)16(24-28(26,27)15-8-6-13(19)7-9-15)17(25)23-14-5-3-4-12(10-14)18(20,21)22/h6-9,11-12,14,16,24H,3-5,10H2,1-2H3,(H,23,25)/t12-,14+,16+/m1/s1. The molecular weight excluding hydrogens is 461 g/mol. The van der Waals surface area contributed by atoms with E-state index in [0.29, 0.717) is 17.3 Å². The van der Waals surface area contributed by atoms with Crippen molar-refractivity contribution in [3.63, 3.8) is 0 Å². The third kappa shape index (κ3) is 6.18. The normalized spacial score (nSPS) is 22.1. The summed E-state index contributed by atoms with van der Waals surface area (Å²) in [5.74, 6) is -2.43. The Kier molecular flexibility index (Phi) is 7.55. The first-order valence-corrected chi connectivity index (χ1v) is 11.3. The van der Waals surface area contributed by atoms with E-state index in [0.717, 1.165) is 0 Å². The van der Waals surface area contributed by atoms with Gasteiger partial charge in [-0.25, -0.2) is 8.42 Å². The van der Waals surface area contributed by atoms with Gasteiger partial charge in [-0.15, -0.1) is 0 Å². The van der Waals surface area contributed by atoms with Gasteiger partial charge in [0.15, 0.2) is 0 Å². The maximum absolute atomic E-state index is 13.0. The van der Waals surface area contributed by atoms with Crippen molar-refractivity contribution in [1.29, 1.82) is 0 Å². The molecular formula is C18H24BrF3N2O3S. The number of alkyl halides is 3. The van der Waals surface area contributed by atoms with Gasteiger partial charge in [0.05, 0.1) is 10.8 Å². The SMILES string of the molecule is CC(C)[C@H](NS(=O)(=O)c1ccc(Br)cc1)C(=O)N[C@H]1CCC[C@@H](C(F)(F)F)C1. The van der Waals surface area contributed by atoms with E-state index in [-0.39, 0.29) is 23.7 Å². The van der Waals surface area contributed by atoms with E-state index in [1.54, 1.807) is 26.0 Å². The Morgan fingerprint density at radius 1 is 1.18 bits per heavy atom. The lowest BCUT2D eigenvalue weighted by molar-refractivity contribution is -0.184. The number of rotatable bonds is 6. The van der Waals surface area contributed by atoms with Gasteiger partial charge >= 0.3 is 6.18 Å². The Morgan fingerprint density at radius 3 is 2.32 bits per heavy atom. The molecule has 2 rings (SSSR count). The van der Waals surface area contributed by atoms with Gasteiger partial charge < -0.3 is 5.32 Å². The van der Waals surface area contributed by atoms with Gasteiger partial charge in [-0.05, 0) is 49.4 Å². The van der Waals surface area contributed by atoms with Gasteiger partial charge in [0.25, 0.3) is 0 Å². The average molecular weight is 485 g/mol. The van der Waals surface area contributed by atoms with Crippen LogP contribution in [0.25, 0.3) is 0 Å². The molecule has 3 atom stereocenters. The lowest BCUT2D eigenvalue weighted by Crippen LogP contribution is -2.53. The predicted octanol–water partition coefficient (Wildman–Crippen LogP) is 3.99. The molecule has 1 saturated carbocycles. The van der Waals surface area contributed by atoms with E-state index < -0.39 is 40.1 Å². The first kappa shape index (κ1) is 23.2. The summed E-state index contributed by atoms with van der Waals surface area (Å²) in [6.07, 6.45) is -3.60. The van der Waals surface area contributed by atoms with Crippen molar-refractivity contribution in [2.24, 2.45) is 11.8 Å². The topological polar surface area (TPSA) is 75.3 Å². The van der Waals surface area contributed by atoms with E-state index >= 15 is 0 Å². The van der Waals surface area contributed by atoms with Crippen LogP contribution in [-0.4, -0.2) is 32.6 Å². The van der Waals surface area contributed by atoms with Gasteiger partial charge in [-0.1, -0.05) is 36.2 Å². The van der Waals surface area contributed by atoms with Crippen LogP contribution in [0.3, 0.4) is 0 Å². The minimum Gasteiger partial charge on any atom is -0.352 e. The third-order valence-electron chi connectivity index (χ3n) is 4.84. The largest absolute Gasteiger partial charge is 0.391 e. The molecule has 1 aliphatic carbocycles. The van der Waals surface area contributed by atoms with E-state index in [1.165, 1.54) is 12.1 Å². The monoisotopic (exact) mass is 484 g/mol. The first-order chi connectivity index (χ1) is 12.9. The van der Waals surface area contributed by atoms with Gasteiger partial charge in [0.2, 0.25) is 15.9 Å². The van der Waals surface area contributed by atoms with Crippen LogP contribution < -0.4 is 10.0 Å². The van der Waals surface area contributed by atoms with Crippen molar-refractivity contribution in [1.82, 2.24) is 10.0 Å². The number of carbonyl (C=O) groups excluding carboxylic acids is 1. The lowest BCUT2D eigenvalue weighted by atomic mass is 9.85. The summed E-state index contributed by atoms with van der Waals surface area (Å²) < 4.78 is 67.2. The molecule has 1 fully saturated rings. The van der Waals surface area contributed by atoms with E-state index in [2.05, 4.69) is 26.0 Å². The van der Waals surface area contributed by atoms with Crippen molar-refractivity contribution >= 4 is 31.9 Å². The zero-order valence-corrected chi connectivity index (χ0v) is 18.0. The van der Waals surface area contributed by atoms with E-state index in [4.69, 9.17) is 0 Å². The highest BCUT2D eigenvalue weighted by Gasteiger charge is 2.42. The zero-order chi connectivity index (χ0) is 21.1. The average Bonchev–Trinajstić information content (AvgIpc) is 2.59. The minimum absolute atomic E-state index is 0.00366. The first-order valence-electron chi connectivity index (χ1n) is 9.05. The molecule has 0 radical (unpaired) electrons. The van der Waals surface area contributed by atoms with Crippen molar-refractivity contribution in [2.75, 3.05) is 0 Å². The molecule has 5 nitrogen and oxygen atoms in total. The number of sulfonamides is 1. The van der Waals surface area contributed by atoms with Crippen molar-refractivity contribution in [3.8, 4) is 0 Å². The lowest BCUT2D eigenvalue weighted by Gasteiger charge is -2.32. The number of amides is 1. The molecule has 0 bridgehead atoms. The van der Waals surface area contributed by atoms with E-state index in [1.807, 2.05) is 0 Å². The van der Waals surface area contributed by atoms with Crippen LogP contribution in [0, 0.1) is 11.8 Å². The molecule has 1 aliphatic rings. The second kappa shape index (κ2) is 9.13. The zero-order valence-electron chi connectivity index (χ0n) is 15.6. The Hall–Kier alpha value is -1.13. The Labute approximate surface area is 171 Å². The molecule has 2 N–H and O–H groups in total. The summed E-state index contributed by atoms with van der Waals surface area (Å²) in [6, 6.07) is 4.23. The van der Waals surface area contributed by atoms with Crippen LogP contribution in [0.15, 0.2) is 33.6 Å². The van der Waals surface area contributed by atoms with Crippen LogP contribution in [0.5, 0.6) is 0 Å². The molecule has 0 spiro atoms.